The third kappa shape index (κ3) is 11.6. The summed E-state index contributed by atoms with van der Waals surface area (Å²) in [5.74, 6) is -0.247. The maximum Gasteiger partial charge on any atom is 0.425 e. The van der Waals surface area contributed by atoms with Crippen molar-refractivity contribution in [3.8, 4) is 0 Å². The lowest BCUT2D eigenvalue weighted by Gasteiger charge is -2.28. The number of pyridine rings is 1. The second kappa shape index (κ2) is 15.9. The molecule has 4 rings (SSSR count). The van der Waals surface area contributed by atoms with E-state index in [0.29, 0.717) is 28.3 Å². The summed E-state index contributed by atoms with van der Waals surface area (Å²) in [7, 11) is 0. The van der Waals surface area contributed by atoms with Crippen molar-refractivity contribution < 1.29 is 23.9 Å². The van der Waals surface area contributed by atoms with Crippen LogP contribution in [0.1, 0.15) is 84.3 Å². The van der Waals surface area contributed by atoms with Crippen LogP contribution < -0.4 is 20.9 Å². The summed E-state index contributed by atoms with van der Waals surface area (Å²) in [6.45, 7) is 16.0. The van der Waals surface area contributed by atoms with E-state index in [1.807, 2.05) is 50.3 Å². The first-order chi connectivity index (χ1) is 22.1. The Morgan fingerprint density at radius 1 is 0.745 bits per heavy atom. The molecule has 0 atom stereocenters. The number of aryl methyl sites for hydroxylation is 1. The van der Waals surface area contributed by atoms with Gasteiger partial charge in [0.1, 0.15) is 11.2 Å². The highest BCUT2D eigenvalue weighted by atomic mass is 16.6. The summed E-state index contributed by atoms with van der Waals surface area (Å²) in [6, 6.07) is 17.8. The van der Waals surface area contributed by atoms with Crippen molar-refractivity contribution in [2.75, 3.05) is 20.9 Å². The number of amides is 3. The Morgan fingerprint density at radius 3 is 1.94 bits per heavy atom. The van der Waals surface area contributed by atoms with Crippen LogP contribution in [-0.2, 0) is 9.47 Å². The third-order valence-corrected chi connectivity index (χ3v) is 6.14. The van der Waals surface area contributed by atoms with E-state index in [1.165, 1.54) is 0 Å². The first kappa shape index (κ1) is 36.3. The van der Waals surface area contributed by atoms with Gasteiger partial charge < -0.3 is 25.4 Å². The maximum absolute atomic E-state index is 13.2. The summed E-state index contributed by atoms with van der Waals surface area (Å²) in [4.78, 5) is 44.7. The fourth-order valence-corrected chi connectivity index (χ4v) is 4.37. The number of nitrogens with zero attached hydrogens (tertiary/aromatic N) is 2. The highest BCUT2D eigenvalue weighted by Crippen LogP contribution is 2.27. The Hall–Kier alpha value is -5.12. The minimum Gasteiger partial charge on any atom is -0.443 e. The number of carbonyl (C=O) groups is 3. The largest absolute Gasteiger partial charge is 0.443 e. The van der Waals surface area contributed by atoms with Gasteiger partial charge in [0.05, 0.1) is 0 Å². The minimum absolute atomic E-state index is 0.0304. The molecule has 1 aromatic heterocycles. The molecule has 3 amide bonds. The summed E-state index contributed by atoms with van der Waals surface area (Å²) in [5, 5.41) is 9.58. The van der Waals surface area contributed by atoms with Gasteiger partial charge >= 0.3 is 12.2 Å². The Bertz CT molecular complexity index is 1600. The standard InChI is InChI=1S/C35H41N5O5.C2H6/c1-23-19-29(22-30(36-23)40(32(42)44-34(2,3)4)33(43)45-35(5,6)7)38-26-16-11-13-24(20-26)31(41)39-28-18-12-17-27(21-28)37-25-14-9-8-10-15-25;1-2/h9,11-22,37H,8,10H2,1-7H3,(H,36,38)(H,39,41);1-2H3. The van der Waals surface area contributed by atoms with Crippen LogP contribution in [0.25, 0.3) is 0 Å². The second-order valence-corrected chi connectivity index (χ2v) is 12.7. The van der Waals surface area contributed by atoms with Gasteiger partial charge in [0.15, 0.2) is 5.82 Å². The van der Waals surface area contributed by atoms with E-state index < -0.39 is 23.4 Å². The van der Waals surface area contributed by atoms with Crippen molar-refractivity contribution in [3.63, 3.8) is 0 Å². The molecule has 0 aliphatic heterocycles. The van der Waals surface area contributed by atoms with Crippen molar-refractivity contribution in [2.24, 2.45) is 0 Å². The van der Waals surface area contributed by atoms with Crippen molar-refractivity contribution in [3.05, 3.63) is 95.8 Å². The number of ether oxygens (including phenoxy) is 2. The lowest BCUT2D eigenvalue weighted by atomic mass is 10.1. The zero-order valence-corrected chi connectivity index (χ0v) is 28.9. The van der Waals surface area contributed by atoms with E-state index in [-0.39, 0.29) is 11.7 Å². The predicted octanol–water partition coefficient (Wildman–Crippen LogP) is 9.73. The monoisotopic (exact) mass is 641 g/mol. The normalized spacial score (nSPS) is 12.5. The molecule has 2 aromatic carbocycles. The molecule has 10 nitrogen and oxygen atoms in total. The molecule has 1 aliphatic carbocycles. The van der Waals surface area contributed by atoms with Gasteiger partial charge in [-0.25, -0.2) is 14.6 Å². The molecule has 47 heavy (non-hydrogen) atoms. The summed E-state index contributed by atoms with van der Waals surface area (Å²) >= 11 is 0. The van der Waals surface area contributed by atoms with E-state index in [4.69, 9.17) is 9.47 Å². The molecule has 3 N–H and O–H groups in total. The summed E-state index contributed by atoms with van der Waals surface area (Å²) in [5.41, 5.74) is 2.97. The lowest BCUT2D eigenvalue weighted by Crippen LogP contribution is -2.44. The van der Waals surface area contributed by atoms with Crippen LogP contribution in [0, 0.1) is 6.92 Å². The molecule has 0 unspecified atom stereocenters. The zero-order chi connectivity index (χ0) is 34.8. The number of aromatic nitrogens is 1. The maximum atomic E-state index is 13.2. The number of benzene rings is 2. The quantitative estimate of drug-likeness (QED) is 0.233. The average Bonchev–Trinajstić information content (AvgIpc) is 2.97. The van der Waals surface area contributed by atoms with Gasteiger partial charge in [0.25, 0.3) is 5.91 Å². The molecule has 1 aliphatic rings. The van der Waals surface area contributed by atoms with Gasteiger partial charge in [-0.1, -0.05) is 38.1 Å². The molecule has 0 saturated carbocycles. The van der Waals surface area contributed by atoms with Crippen molar-refractivity contribution in [2.45, 2.75) is 86.4 Å². The Balaban J connectivity index is 0.00000294. The molecule has 1 heterocycles. The Kier molecular flexibility index (Phi) is 12.3. The van der Waals surface area contributed by atoms with Crippen LogP contribution >= 0.6 is 0 Å². The van der Waals surface area contributed by atoms with Crippen molar-refractivity contribution in [1.82, 2.24) is 4.98 Å². The molecule has 0 saturated heterocycles. The second-order valence-electron chi connectivity index (χ2n) is 12.7. The topological polar surface area (TPSA) is 122 Å². The van der Waals surface area contributed by atoms with Crippen LogP contribution in [0.5, 0.6) is 0 Å². The fraction of sp³-hybridized carbons (Fsp3) is 0.351. The van der Waals surface area contributed by atoms with Gasteiger partial charge in [-0.3, -0.25) is 4.79 Å². The number of imide groups is 1. The van der Waals surface area contributed by atoms with Crippen LogP contribution in [0.4, 0.5) is 38.2 Å². The molecule has 10 heteroatoms. The van der Waals surface area contributed by atoms with Crippen LogP contribution in [0.2, 0.25) is 0 Å². The number of hydrogen-bond acceptors (Lipinski definition) is 8. The van der Waals surface area contributed by atoms with Crippen LogP contribution in [-0.4, -0.2) is 34.3 Å². The van der Waals surface area contributed by atoms with E-state index in [2.05, 4.69) is 33.1 Å². The summed E-state index contributed by atoms with van der Waals surface area (Å²) in [6.07, 6.45) is 6.52. The number of hydrogen-bond donors (Lipinski definition) is 3. The van der Waals surface area contributed by atoms with E-state index in [1.54, 1.807) is 78.8 Å². The van der Waals surface area contributed by atoms with E-state index in [9.17, 15) is 14.4 Å². The number of nitrogens with one attached hydrogen (secondary N) is 3. The first-order valence-corrected chi connectivity index (χ1v) is 15.8. The zero-order valence-electron chi connectivity index (χ0n) is 28.9. The minimum atomic E-state index is -0.911. The first-order valence-electron chi connectivity index (χ1n) is 15.8. The number of carbonyl (C=O) groups excluding carboxylic acids is 3. The molecule has 0 radical (unpaired) electrons. The third-order valence-electron chi connectivity index (χ3n) is 6.14. The number of anilines is 5. The smallest absolute Gasteiger partial charge is 0.425 e. The molecule has 0 bridgehead atoms. The fourth-order valence-electron chi connectivity index (χ4n) is 4.37. The highest BCUT2D eigenvalue weighted by Gasteiger charge is 2.34. The Morgan fingerprint density at radius 2 is 1.34 bits per heavy atom. The molecule has 0 fully saturated rings. The molecule has 250 valence electrons. The molecular formula is C37H47N5O5. The van der Waals surface area contributed by atoms with Gasteiger partial charge in [-0.2, -0.15) is 4.90 Å². The SMILES string of the molecule is CC.Cc1cc(Nc2cccc(C(=O)Nc3cccc(NC4=CCCC=C4)c3)c2)cc(N(C(=O)OC(C)(C)C)C(=O)OC(C)(C)C)n1. The average molecular weight is 642 g/mol. The number of rotatable bonds is 7. The van der Waals surface area contributed by atoms with Crippen molar-refractivity contribution >= 4 is 46.7 Å². The van der Waals surface area contributed by atoms with Gasteiger partial charge in [0, 0.05) is 45.8 Å². The highest BCUT2D eigenvalue weighted by molar-refractivity contribution is 6.09. The van der Waals surface area contributed by atoms with Crippen LogP contribution in [0.3, 0.4) is 0 Å². The van der Waals surface area contributed by atoms with Gasteiger partial charge in [-0.15, -0.1) is 0 Å². The lowest BCUT2D eigenvalue weighted by molar-refractivity contribution is 0.0428. The van der Waals surface area contributed by atoms with E-state index >= 15 is 0 Å². The van der Waals surface area contributed by atoms with Crippen LogP contribution in [0.15, 0.2) is 84.6 Å². The van der Waals surface area contributed by atoms with Gasteiger partial charge in [-0.05, 0) is 110 Å². The van der Waals surface area contributed by atoms with E-state index in [0.717, 1.165) is 29.1 Å². The predicted molar refractivity (Wildman–Crippen MR) is 189 cm³/mol. The summed E-state index contributed by atoms with van der Waals surface area (Å²) < 4.78 is 11.0. The molecule has 3 aromatic rings. The van der Waals surface area contributed by atoms with Crippen molar-refractivity contribution in [1.29, 1.82) is 0 Å². The molecular weight excluding hydrogens is 594 g/mol. The molecule has 0 spiro atoms. The van der Waals surface area contributed by atoms with Gasteiger partial charge in [0.2, 0.25) is 0 Å². The Labute approximate surface area is 278 Å². The number of allylic oxidation sites excluding steroid dienone is 3.